The molecule has 1 aromatic carbocycles. The minimum absolute atomic E-state index is 0.0776. The number of pyridine rings is 1. The molecule has 0 radical (unpaired) electrons. The van der Waals surface area contributed by atoms with Crippen LogP contribution < -0.4 is 4.74 Å². The summed E-state index contributed by atoms with van der Waals surface area (Å²) < 4.78 is 24.1. The first-order valence-electron chi connectivity index (χ1n) is 9.94. The summed E-state index contributed by atoms with van der Waals surface area (Å²) in [5.41, 5.74) is 1.75. The maximum atomic E-state index is 14.1. The number of hydrogen-bond acceptors (Lipinski definition) is 7. The molecule has 0 aliphatic carbocycles. The number of aryl methyl sites for hydroxylation is 1. The number of benzene rings is 1. The zero-order valence-electron chi connectivity index (χ0n) is 17.6. The summed E-state index contributed by atoms with van der Waals surface area (Å²) in [7, 11) is 0. The number of nitro groups is 1. The Morgan fingerprint density at radius 3 is 2.74 bits per heavy atom. The van der Waals surface area contributed by atoms with Crippen molar-refractivity contribution in [3.63, 3.8) is 0 Å². The average molecular weight is 596 g/mol. The smallest absolute Gasteiger partial charge is 0.406 e. The van der Waals surface area contributed by atoms with Crippen molar-refractivity contribution in [2.45, 2.75) is 26.2 Å². The molecular weight excluding hydrogens is 579 g/mol. The highest BCUT2D eigenvalue weighted by Crippen LogP contribution is 2.32. The molecule has 0 spiro atoms. The van der Waals surface area contributed by atoms with Gasteiger partial charge in [-0.15, -0.1) is 0 Å². The van der Waals surface area contributed by atoms with Gasteiger partial charge >= 0.3 is 5.82 Å². The Morgan fingerprint density at radius 2 is 2.03 bits per heavy atom. The number of ether oxygens (including phenoxy) is 1. The number of aromatic nitrogens is 5. The van der Waals surface area contributed by atoms with E-state index in [1.165, 1.54) is 41.3 Å². The number of hydrogen-bond donors (Lipinski definition) is 1. The summed E-state index contributed by atoms with van der Waals surface area (Å²) in [5, 5.41) is 30.9. The number of rotatable bonds is 8. The van der Waals surface area contributed by atoms with Crippen molar-refractivity contribution in [1.29, 1.82) is 0 Å². The van der Waals surface area contributed by atoms with Gasteiger partial charge in [0.2, 0.25) is 5.75 Å². The molecule has 0 saturated carbocycles. The molecule has 0 bridgehead atoms. The van der Waals surface area contributed by atoms with Crippen LogP contribution in [-0.2, 0) is 13.2 Å². The highest BCUT2D eigenvalue weighted by Gasteiger charge is 2.24. The molecule has 13 heteroatoms. The van der Waals surface area contributed by atoms with Crippen LogP contribution in [0.5, 0.6) is 5.75 Å². The monoisotopic (exact) mass is 594 g/mol. The molecule has 4 aromatic rings. The van der Waals surface area contributed by atoms with Crippen LogP contribution >= 0.6 is 31.9 Å². The zero-order chi connectivity index (χ0) is 24.4. The molecule has 0 saturated heterocycles. The van der Waals surface area contributed by atoms with Crippen molar-refractivity contribution in [2.75, 3.05) is 0 Å². The lowest BCUT2D eigenvalue weighted by atomic mass is 10.1. The fourth-order valence-corrected chi connectivity index (χ4v) is 4.33. The number of aliphatic hydroxyl groups is 1. The van der Waals surface area contributed by atoms with Crippen LogP contribution in [0, 0.1) is 15.9 Å². The van der Waals surface area contributed by atoms with Crippen molar-refractivity contribution in [2.24, 2.45) is 0 Å². The molecule has 0 amide bonds. The van der Waals surface area contributed by atoms with Gasteiger partial charge in [0.25, 0.3) is 0 Å². The van der Waals surface area contributed by atoms with Gasteiger partial charge in [0.1, 0.15) is 23.1 Å². The number of nitrogens with zero attached hydrogens (tertiary/aromatic N) is 6. The summed E-state index contributed by atoms with van der Waals surface area (Å²) in [6, 6.07) is 7.04. The quantitative estimate of drug-likeness (QED) is 0.231. The average Bonchev–Trinajstić information content (AvgIpc) is 3.44. The molecule has 0 aliphatic rings. The molecule has 1 unspecified atom stereocenters. The standard InChI is InChI=1S/C21H17Br2FN6O4/c1-2-28-20(23)15(10-27-28)19(31)17-5-6-26-29(17)16-4-3-14(24)7-12(16)11-34-18-8-13(22)9-25-21(18)30(32)33/h3-10,19,31H,2,11H2,1H3. The Balaban J connectivity index is 1.70. The second-order valence-electron chi connectivity index (χ2n) is 7.07. The van der Waals surface area contributed by atoms with Gasteiger partial charge in [-0.1, -0.05) is 0 Å². The Bertz CT molecular complexity index is 1360. The van der Waals surface area contributed by atoms with Crippen molar-refractivity contribution in [1.82, 2.24) is 24.5 Å². The van der Waals surface area contributed by atoms with Crippen LogP contribution in [0.15, 0.2) is 58.0 Å². The fraction of sp³-hybridized carbons (Fsp3) is 0.190. The molecule has 1 N–H and O–H groups in total. The molecule has 10 nitrogen and oxygen atoms in total. The van der Waals surface area contributed by atoms with Crippen LogP contribution in [-0.4, -0.2) is 34.6 Å². The number of halogens is 3. The van der Waals surface area contributed by atoms with E-state index in [9.17, 15) is 19.6 Å². The molecule has 3 aromatic heterocycles. The molecule has 0 aliphatic heterocycles. The summed E-state index contributed by atoms with van der Waals surface area (Å²) in [6.45, 7) is 2.33. The molecule has 1 atom stereocenters. The minimum Gasteiger partial charge on any atom is -0.481 e. The summed E-state index contributed by atoms with van der Waals surface area (Å²) in [4.78, 5) is 14.4. The van der Waals surface area contributed by atoms with Crippen LogP contribution in [0.1, 0.15) is 29.8 Å². The van der Waals surface area contributed by atoms with Gasteiger partial charge in [-0.25, -0.2) is 9.07 Å². The van der Waals surface area contributed by atoms with E-state index in [4.69, 9.17) is 4.74 Å². The fourth-order valence-electron chi connectivity index (χ4n) is 3.36. The molecular formula is C21H17Br2FN6O4. The summed E-state index contributed by atoms with van der Waals surface area (Å²) in [6.07, 6.45) is 3.28. The van der Waals surface area contributed by atoms with Gasteiger partial charge in [-0.05, 0) is 73.0 Å². The van der Waals surface area contributed by atoms with E-state index in [-0.39, 0.29) is 12.4 Å². The summed E-state index contributed by atoms with van der Waals surface area (Å²) in [5.74, 6) is -1.06. The first-order valence-corrected chi connectivity index (χ1v) is 11.5. The highest BCUT2D eigenvalue weighted by molar-refractivity contribution is 9.10. The van der Waals surface area contributed by atoms with Gasteiger partial charge in [-0.2, -0.15) is 10.2 Å². The van der Waals surface area contributed by atoms with E-state index in [2.05, 4.69) is 47.0 Å². The summed E-state index contributed by atoms with van der Waals surface area (Å²) >= 11 is 6.67. The highest BCUT2D eigenvalue weighted by atomic mass is 79.9. The first-order chi connectivity index (χ1) is 16.3. The van der Waals surface area contributed by atoms with Crippen molar-refractivity contribution in [3.8, 4) is 11.4 Å². The van der Waals surface area contributed by atoms with E-state index in [1.807, 2.05) is 6.92 Å². The van der Waals surface area contributed by atoms with Crippen LogP contribution in [0.3, 0.4) is 0 Å². The van der Waals surface area contributed by atoms with Gasteiger partial charge in [0.15, 0.2) is 6.20 Å². The van der Waals surface area contributed by atoms with Gasteiger partial charge in [0, 0.05) is 29.9 Å². The molecule has 3 heterocycles. The Labute approximate surface area is 209 Å². The second kappa shape index (κ2) is 9.99. The maximum Gasteiger partial charge on any atom is 0.406 e. The normalized spacial score (nSPS) is 12.0. The van der Waals surface area contributed by atoms with Crippen LogP contribution in [0.2, 0.25) is 0 Å². The van der Waals surface area contributed by atoms with Gasteiger partial charge in [-0.3, -0.25) is 4.68 Å². The Kier molecular flexibility index (Phi) is 7.05. The maximum absolute atomic E-state index is 14.1. The molecule has 4 rings (SSSR count). The van der Waals surface area contributed by atoms with E-state index < -0.39 is 22.7 Å². The lowest BCUT2D eigenvalue weighted by Gasteiger charge is -2.16. The third-order valence-corrected chi connectivity index (χ3v) is 6.27. The lowest BCUT2D eigenvalue weighted by Crippen LogP contribution is -2.12. The Morgan fingerprint density at radius 1 is 1.24 bits per heavy atom. The van der Waals surface area contributed by atoms with Gasteiger partial charge in [0.05, 0.1) is 22.1 Å². The van der Waals surface area contributed by atoms with Gasteiger partial charge < -0.3 is 20.0 Å². The lowest BCUT2D eigenvalue weighted by molar-refractivity contribution is -0.390. The molecule has 176 valence electrons. The third-order valence-electron chi connectivity index (χ3n) is 4.97. The van der Waals surface area contributed by atoms with Crippen molar-refractivity contribution < 1.29 is 19.2 Å². The van der Waals surface area contributed by atoms with Crippen LogP contribution in [0.25, 0.3) is 5.69 Å². The van der Waals surface area contributed by atoms with E-state index >= 15 is 0 Å². The second-order valence-corrected chi connectivity index (χ2v) is 8.74. The van der Waals surface area contributed by atoms with Crippen molar-refractivity contribution >= 4 is 37.7 Å². The first kappa shape index (κ1) is 24.0. The van der Waals surface area contributed by atoms with E-state index in [1.54, 1.807) is 16.9 Å². The van der Waals surface area contributed by atoms with Crippen LogP contribution in [0.4, 0.5) is 10.2 Å². The zero-order valence-corrected chi connectivity index (χ0v) is 20.8. The predicted molar refractivity (Wildman–Crippen MR) is 126 cm³/mol. The Hall–Kier alpha value is -3.16. The third kappa shape index (κ3) is 4.72. The predicted octanol–water partition coefficient (Wildman–Crippen LogP) is 4.72. The minimum atomic E-state index is -1.08. The van der Waals surface area contributed by atoms with Crippen molar-refractivity contribution in [3.05, 3.63) is 90.8 Å². The topological polar surface area (TPSA) is 121 Å². The largest absolute Gasteiger partial charge is 0.481 e. The van der Waals surface area contributed by atoms with E-state index in [0.29, 0.717) is 38.1 Å². The number of aliphatic hydroxyl groups excluding tert-OH is 1. The SMILES string of the molecule is CCn1ncc(C(O)c2ccnn2-c2ccc(F)cc2COc2cc(Br)cnc2[N+](=O)[O-])c1Br. The van der Waals surface area contributed by atoms with E-state index in [0.717, 1.165) is 0 Å². The molecule has 34 heavy (non-hydrogen) atoms. The molecule has 0 fully saturated rings.